The van der Waals surface area contributed by atoms with Crippen LogP contribution in [0.1, 0.15) is 35.9 Å². The summed E-state index contributed by atoms with van der Waals surface area (Å²) in [7, 11) is 1.55. The van der Waals surface area contributed by atoms with Gasteiger partial charge in [0, 0.05) is 15.2 Å². The molecule has 0 aliphatic heterocycles. The topological polar surface area (TPSA) is 44.1 Å². The summed E-state index contributed by atoms with van der Waals surface area (Å²) in [4.78, 5) is 12.7. The third-order valence-electron chi connectivity index (χ3n) is 2.80. The average molecular weight is 370 g/mol. The molecule has 0 atom stereocenters. The molecular formula is C14H15IN2O2. The maximum Gasteiger partial charge on any atom is 0.215 e. The van der Waals surface area contributed by atoms with Gasteiger partial charge < -0.3 is 4.74 Å². The highest BCUT2D eigenvalue weighted by Gasteiger charge is 2.23. The minimum atomic E-state index is -0.0620. The summed E-state index contributed by atoms with van der Waals surface area (Å²) in [6.07, 6.45) is 1.59. The number of rotatable bonds is 4. The molecule has 1 aromatic heterocycles. The number of methoxy groups -OCH3 is 1. The molecule has 0 radical (unpaired) electrons. The molecular weight excluding hydrogens is 355 g/mol. The van der Waals surface area contributed by atoms with Crippen LogP contribution in [0.4, 0.5) is 0 Å². The number of aromatic nitrogens is 2. The van der Waals surface area contributed by atoms with Crippen LogP contribution < -0.4 is 4.74 Å². The highest BCUT2D eigenvalue weighted by molar-refractivity contribution is 14.1. The van der Waals surface area contributed by atoms with E-state index in [4.69, 9.17) is 4.74 Å². The molecule has 0 amide bonds. The minimum absolute atomic E-state index is 0.0620. The number of hydrogen-bond donors (Lipinski definition) is 0. The Kier molecular flexibility index (Phi) is 4.24. The number of hydrogen-bond acceptors (Lipinski definition) is 3. The monoisotopic (exact) mass is 370 g/mol. The van der Waals surface area contributed by atoms with Crippen molar-refractivity contribution < 1.29 is 9.53 Å². The first-order valence-electron chi connectivity index (χ1n) is 5.97. The Labute approximate surface area is 125 Å². The normalized spacial score (nSPS) is 10.8. The third-order valence-corrected chi connectivity index (χ3v) is 3.75. The maximum absolute atomic E-state index is 12.7. The SMILES string of the molecule is COc1cnn(C(C)C)c1C(=O)c1ccccc1I. The Morgan fingerprint density at radius 3 is 2.63 bits per heavy atom. The van der Waals surface area contributed by atoms with Gasteiger partial charge >= 0.3 is 0 Å². The Bertz CT molecular complexity index is 605. The van der Waals surface area contributed by atoms with Crippen LogP contribution in [0.3, 0.4) is 0 Å². The number of nitrogens with zero attached hydrogens (tertiary/aromatic N) is 2. The van der Waals surface area contributed by atoms with E-state index in [9.17, 15) is 4.79 Å². The smallest absolute Gasteiger partial charge is 0.215 e. The molecule has 100 valence electrons. The van der Waals surface area contributed by atoms with Crippen molar-refractivity contribution >= 4 is 28.4 Å². The molecule has 0 spiro atoms. The first-order valence-corrected chi connectivity index (χ1v) is 7.04. The Morgan fingerprint density at radius 2 is 2.05 bits per heavy atom. The van der Waals surface area contributed by atoms with Crippen molar-refractivity contribution in [2.45, 2.75) is 19.9 Å². The van der Waals surface area contributed by atoms with Gasteiger partial charge in [-0.25, -0.2) is 0 Å². The summed E-state index contributed by atoms with van der Waals surface area (Å²) in [5.41, 5.74) is 1.17. The predicted molar refractivity (Wildman–Crippen MR) is 81.8 cm³/mol. The number of halogens is 1. The molecule has 0 fully saturated rings. The van der Waals surface area contributed by atoms with Gasteiger partial charge in [-0.15, -0.1) is 0 Å². The first-order chi connectivity index (χ1) is 9.06. The van der Waals surface area contributed by atoms with Gasteiger partial charge in [-0.3, -0.25) is 9.48 Å². The average Bonchev–Trinajstić information content (AvgIpc) is 2.82. The molecule has 0 aliphatic carbocycles. The summed E-state index contributed by atoms with van der Waals surface area (Å²) in [6, 6.07) is 7.61. The Balaban J connectivity index is 2.55. The second-order valence-corrected chi connectivity index (χ2v) is 5.57. The van der Waals surface area contributed by atoms with Crippen LogP contribution in [0.5, 0.6) is 5.75 Å². The maximum atomic E-state index is 12.7. The van der Waals surface area contributed by atoms with Crippen molar-refractivity contribution in [3.05, 3.63) is 45.3 Å². The molecule has 0 aliphatic rings. The molecule has 2 rings (SSSR count). The van der Waals surface area contributed by atoms with E-state index in [0.29, 0.717) is 17.0 Å². The van der Waals surface area contributed by atoms with Crippen LogP contribution in [-0.4, -0.2) is 22.7 Å². The molecule has 1 heterocycles. The van der Waals surface area contributed by atoms with Gasteiger partial charge in [-0.05, 0) is 48.6 Å². The Morgan fingerprint density at radius 1 is 1.37 bits per heavy atom. The lowest BCUT2D eigenvalue weighted by atomic mass is 10.1. The molecule has 4 nitrogen and oxygen atoms in total. The molecule has 1 aromatic carbocycles. The predicted octanol–water partition coefficient (Wildman–Crippen LogP) is 3.31. The lowest BCUT2D eigenvalue weighted by molar-refractivity contribution is 0.102. The molecule has 0 unspecified atom stereocenters. The number of carbonyl (C=O) groups excluding carboxylic acids is 1. The van der Waals surface area contributed by atoms with E-state index < -0.39 is 0 Å². The van der Waals surface area contributed by atoms with Gasteiger partial charge in [0.2, 0.25) is 5.78 Å². The Hall–Kier alpha value is -1.37. The summed E-state index contributed by atoms with van der Waals surface area (Å²) in [5.74, 6) is 0.450. The van der Waals surface area contributed by atoms with Crippen molar-refractivity contribution in [2.24, 2.45) is 0 Å². The molecule has 2 aromatic rings. The minimum Gasteiger partial charge on any atom is -0.493 e. The molecule has 0 bridgehead atoms. The second-order valence-electron chi connectivity index (χ2n) is 4.41. The molecule has 0 N–H and O–H groups in total. The lowest BCUT2D eigenvalue weighted by Crippen LogP contribution is -2.15. The van der Waals surface area contributed by atoms with Crippen molar-refractivity contribution in [1.29, 1.82) is 0 Å². The largest absolute Gasteiger partial charge is 0.493 e. The van der Waals surface area contributed by atoms with Crippen LogP contribution in [-0.2, 0) is 0 Å². The fourth-order valence-electron chi connectivity index (χ4n) is 1.88. The summed E-state index contributed by atoms with van der Waals surface area (Å²) in [6.45, 7) is 3.97. The van der Waals surface area contributed by atoms with Crippen LogP contribution in [0, 0.1) is 3.57 Å². The van der Waals surface area contributed by atoms with Gasteiger partial charge in [0.05, 0.1) is 13.3 Å². The van der Waals surface area contributed by atoms with E-state index >= 15 is 0 Å². The highest BCUT2D eigenvalue weighted by Crippen LogP contribution is 2.25. The van der Waals surface area contributed by atoms with Crippen molar-refractivity contribution in [2.75, 3.05) is 7.11 Å². The third kappa shape index (κ3) is 2.65. The van der Waals surface area contributed by atoms with Gasteiger partial charge in [-0.1, -0.05) is 12.1 Å². The fraction of sp³-hybridized carbons (Fsp3) is 0.286. The van der Waals surface area contributed by atoms with Crippen LogP contribution in [0.2, 0.25) is 0 Å². The van der Waals surface area contributed by atoms with Crippen molar-refractivity contribution in [3.8, 4) is 5.75 Å². The van der Waals surface area contributed by atoms with Crippen molar-refractivity contribution in [3.63, 3.8) is 0 Å². The van der Waals surface area contributed by atoms with Gasteiger partial charge in [-0.2, -0.15) is 5.10 Å². The zero-order valence-corrected chi connectivity index (χ0v) is 13.2. The van der Waals surface area contributed by atoms with Gasteiger partial charge in [0.1, 0.15) is 0 Å². The number of carbonyl (C=O) groups is 1. The summed E-state index contributed by atoms with van der Waals surface area (Å²) < 4.78 is 7.87. The standard InChI is InChI=1S/C14H15IN2O2/c1-9(2)17-13(12(19-3)8-16-17)14(18)10-6-4-5-7-11(10)15/h4-9H,1-3H3. The van der Waals surface area contributed by atoms with Crippen LogP contribution in [0.15, 0.2) is 30.5 Å². The first kappa shape index (κ1) is 14.0. The fourth-order valence-corrected chi connectivity index (χ4v) is 2.51. The molecule has 0 saturated heterocycles. The van der Waals surface area contributed by atoms with Crippen molar-refractivity contribution in [1.82, 2.24) is 9.78 Å². The highest BCUT2D eigenvalue weighted by atomic mass is 127. The van der Waals surface area contributed by atoms with E-state index in [1.807, 2.05) is 38.1 Å². The number of ether oxygens (including phenoxy) is 1. The molecule has 0 saturated carbocycles. The van der Waals surface area contributed by atoms with Crippen LogP contribution in [0.25, 0.3) is 0 Å². The van der Waals surface area contributed by atoms with Gasteiger partial charge in [0.25, 0.3) is 0 Å². The van der Waals surface area contributed by atoms with E-state index in [2.05, 4.69) is 27.7 Å². The van der Waals surface area contributed by atoms with E-state index in [1.165, 1.54) is 0 Å². The van der Waals surface area contributed by atoms with Crippen LogP contribution >= 0.6 is 22.6 Å². The molecule has 5 heteroatoms. The quantitative estimate of drug-likeness (QED) is 0.613. The zero-order valence-electron chi connectivity index (χ0n) is 11.1. The summed E-state index contributed by atoms with van der Waals surface area (Å²) in [5, 5.41) is 4.23. The van der Waals surface area contributed by atoms with Gasteiger partial charge in [0.15, 0.2) is 11.4 Å². The molecule has 19 heavy (non-hydrogen) atoms. The zero-order chi connectivity index (χ0) is 14.0. The van der Waals surface area contributed by atoms with E-state index in [0.717, 1.165) is 3.57 Å². The van der Waals surface area contributed by atoms with E-state index in [-0.39, 0.29) is 11.8 Å². The summed E-state index contributed by atoms with van der Waals surface area (Å²) >= 11 is 2.16. The second kappa shape index (κ2) is 5.73. The number of benzene rings is 1. The lowest BCUT2D eigenvalue weighted by Gasteiger charge is -2.12. The van der Waals surface area contributed by atoms with E-state index in [1.54, 1.807) is 18.0 Å². The number of ketones is 1.